The molecule has 0 radical (unpaired) electrons. The molecule has 0 fully saturated rings. The molecule has 0 atom stereocenters. The summed E-state index contributed by atoms with van der Waals surface area (Å²) in [6.07, 6.45) is 2.95. The Balaban J connectivity index is 2.19. The second-order valence-corrected chi connectivity index (χ2v) is 3.87. The molecule has 19 heavy (non-hydrogen) atoms. The van der Waals surface area contributed by atoms with Gasteiger partial charge in [-0.2, -0.15) is 5.10 Å². The van der Waals surface area contributed by atoms with E-state index < -0.39 is 12.0 Å². The first-order chi connectivity index (χ1) is 9.08. The Morgan fingerprint density at radius 2 is 2.11 bits per heavy atom. The average Bonchev–Trinajstić information content (AvgIpc) is 2.84. The largest absolute Gasteiger partial charge is 0.478 e. The van der Waals surface area contributed by atoms with Crippen molar-refractivity contribution in [2.45, 2.75) is 6.92 Å². The number of aryl methyl sites for hydroxylation is 1. The lowest BCUT2D eigenvalue weighted by Gasteiger charge is -2.11. The molecule has 7 heteroatoms. The highest BCUT2D eigenvalue weighted by molar-refractivity contribution is 6.05. The van der Waals surface area contributed by atoms with E-state index in [0.717, 1.165) is 0 Å². The predicted molar refractivity (Wildman–Crippen MR) is 69.4 cm³/mol. The fourth-order valence-electron chi connectivity index (χ4n) is 1.61. The van der Waals surface area contributed by atoms with Crippen molar-refractivity contribution in [3.63, 3.8) is 0 Å². The number of carboxylic acids is 1. The van der Waals surface area contributed by atoms with Crippen LogP contribution in [0.5, 0.6) is 0 Å². The number of aromatic carboxylic acids is 1. The highest BCUT2D eigenvalue weighted by Gasteiger charge is 2.14. The number of urea groups is 1. The summed E-state index contributed by atoms with van der Waals surface area (Å²) < 4.78 is 0. The molecule has 0 aliphatic rings. The number of H-pyrrole nitrogens is 1. The molecular weight excluding hydrogens is 248 g/mol. The SMILES string of the molecule is Cc1cccc(C(=O)O)c1NC(=O)Nc1cn[nH]c1. The second-order valence-electron chi connectivity index (χ2n) is 3.87. The first-order valence-corrected chi connectivity index (χ1v) is 5.47. The molecule has 2 aromatic rings. The number of nitrogens with zero attached hydrogens (tertiary/aromatic N) is 1. The molecule has 0 unspecified atom stereocenters. The van der Waals surface area contributed by atoms with E-state index in [2.05, 4.69) is 20.8 Å². The molecule has 7 nitrogen and oxygen atoms in total. The number of aromatic nitrogens is 2. The second kappa shape index (κ2) is 5.21. The molecule has 1 heterocycles. The van der Waals surface area contributed by atoms with E-state index in [9.17, 15) is 9.59 Å². The van der Waals surface area contributed by atoms with E-state index in [-0.39, 0.29) is 11.3 Å². The minimum absolute atomic E-state index is 0.0438. The smallest absolute Gasteiger partial charge is 0.337 e. The lowest BCUT2D eigenvalue weighted by atomic mass is 10.1. The average molecular weight is 260 g/mol. The van der Waals surface area contributed by atoms with E-state index in [1.807, 2.05) is 0 Å². The molecule has 0 aliphatic carbocycles. The molecule has 98 valence electrons. The normalized spacial score (nSPS) is 9.95. The number of anilines is 2. The van der Waals surface area contributed by atoms with Crippen molar-refractivity contribution in [3.8, 4) is 0 Å². The summed E-state index contributed by atoms with van der Waals surface area (Å²) in [7, 11) is 0. The number of carbonyl (C=O) groups is 2. The van der Waals surface area contributed by atoms with Gasteiger partial charge in [-0.1, -0.05) is 12.1 Å². The number of para-hydroxylation sites is 1. The minimum atomic E-state index is -1.10. The maximum Gasteiger partial charge on any atom is 0.337 e. The molecule has 0 aliphatic heterocycles. The van der Waals surface area contributed by atoms with Crippen molar-refractivity contribution in [2.24, 2.45) is 0 Å². The van der Waals surface area contributed by atoms with E-state index in [0.29, 0.717) is 11.3 Å². The summed E-state index contributed by atoms with van der Waals surface area (Å²) in [4.78, 5) is 22.8. The van der Waals surface area contributed by atoms with Crippen LogP contribution in [0.4, 0.5) is 16.2 Å². The van der Waals surface area contributed by atoms with Crippen LogP contribution in [0.1, 0.15) is 15.9 Å². The summed E-state index contributed by atoms with van der Waals surface area (Å²) in [5.74, 6) is -1.10. The summed E-state index contributed by atoms with van der Waals surface area (Å²) in [6, 6.07) is 4.25. The van der Waals surface area contributed by atoms with Gasteiger partial charge in [-0.3, -0.25) is 5.10 Å². The highest BCUT2D eigenvalue weighted by Crippen LogP contribution is 2.20. The van der Waals surface area contributed by atoms with Gasteiger partial charge in [0.1, 0.15) is 0 Å². The zero-order chi connectivity index (χ0) is 13.8. The Hall–Kier alpha value is -2.83. The topological polar surface area (TPSA) is 107 Å². The number of carbonyl (C=O) groups excluding carboxylic acids is 1. The number of hydrogen-bond acceptors (Lipinski definition) is 3. The number of nitrogens with one attached hydrogen (secondary N) is 3. The Labute approximate surface area is 108 Å². The van der Waals surface area contributed by atoms with Gasteiger partial charge >= 0.3 is 12.0 Å². The van der Waals surface area contributed by atoms with E-state index in [4.69, 9.17) is 5.11 Å². The monoisotopic (exact) mass is 260 g/mol. The molecule has 1 aromatic heterocycles. The summed E-state index contributed by atoms with van der Waals surface area (Å²) >= 11 is 0. The van der Waals surface area contributed by atoms with Crippen LogP contribution in [0.15, 0.2) is 30.6 Å². The molecule has 1 aromatic carbocycles. The molecule has 0 saturated heterocycles. The van der Waals surface area contributed by atoms with E-state index >= 15 is 0 Å². The van der Waals surface area contributed by atoms with Gasteiger partial charge in [0.15, 0.2) is 0 Å². The van der Waals surface area contributed by atoms with Gasteiger partial charge in [-0.25, -0.2) is 9.59 Å². The number of hydrogen-bond donors (Lipinski definition) is 4. The molecular formula is C12H12N4O3. The standard InChI is InChI=1S/C12H12N4O3/c1-7-3-2-4-9(11(17)18)10(7)16-12(19)15-8-5-13-14-6-8/h2-6H,1H3,(H,13,14)(H,17,18)(H2,15,16,19). The number of aromatic amines is 1. The summed E-state index contributed by atoms with van der Waals surface area (Å²) in [5.41, 5.74) is 1.48. The minimum Gasteiger partial charge on any atom is -0.478 e. The molecule has 0 bridgehead atoms. The van der Waals surface area contributed by atoms with E-state index in [1.54, 1.807) is 19.1 Å². The quantitative estimate of drug-likeness (QED) is 0.677. The van der Waals surface area contributed by atoms with Gasteiger partial charge in [0, 0.05) is 6.20 Å². The highest BCUT2D eigenvalue weighted by atomic mass is 16.4. The van der Waals surface area contributed by atoms with Crippen molar-refractivity contribution in [1.29, 1.82) is 0 Å². The van der Waals surface area contributed by atoms with Crippen molar-refractivity contribution in [1.82, 2.24) is 10.2 Å². The van der Waals surface area contributed by atoms with Crippen molar-refractivity contribution < 1.29 is 14.7 Å². The number of amides is 2. The summed E-state index contributed by atoms with van der Waals surface area (Å²) in [5, 5.41) is 20.4. The number of rotatable bonds is 3. The Kier molecular flexibility index (Phi) is 3.46. The van der Waals surface area contributed by atoms with Crippen LogP contribution in [0, 0.1) is 6.92 Å². The van der Waals surface area contributed by atoms with Gasteiger partial charge in [-0.15, -0.1) is 0 Å². The van der Waals surface area contributed by atoms with E-state index in [1.165, 1.54) is 18.5 Å². The first-order valence-electron chi connectivity index (χ1n) is 5.47. The summed E-state index contributed by atoms with van der Waals surface area (Å²) in [6.45, 7) is 1.72. The molecule has 2 rings (SSSR count). The van der Waals surface area contributed by atoms with Crippen LogP contribution in [-0.4, -0.2) is 27.3 Å². The van der Waals surface area contributed by atoms with Crippen LogP contribution in [0.25, 0.3) is 0 Å². The third-order valence-corrected chi connectivity index (χ3v) is 2.50. The van der Waals surface area contributed by atoms with Crippen LogP contribution >= 0.6 is 0 Å². The molecule has 2 amide bonds. The lowest BCUT2D eigenvalue weighted by Crippen LogP contribution is -2.21. The molecule has 4 N–H and O–H groups in total. The van der Waals surface area contributed by atoms with Crippen molar-refractivity contribution in [3.05, 3.63) is 41.7 Å². The lowest BCUT2D eigenvalue weighted by molar-refractivity contribution is 0.0698. The zero-order valence-electron chi connectivity index (χ0n) is 10.1. The fraction of sp³-hybridized carbons (Fsp3) is 0.0833. The van der Waals surface area contributed by atoms with Crippen LogP contribution in [0.2, 0.25) is 0 Å². The Morgan fingerprint density at radius 3 is 2.74 bits per heavy atom. The number of carboxylic acid groups (broad SMARTS) is 1. The zero-order valence-corrected chi connectivity index (χ0v) is 10.1. The van der Waals surface area contributed by atoms with Gasteiger partial charge in [0.25, 0.3) is 0 Å². The number of benzene rings is 1. The maximum atomic E-state index is 11.8. The maximum absolute atomic E-state index is 11.8. The van der Waals surface area contributed by atoms with Gasteiger partial charge in [-0.05, 0) is 18.6 Å². The van der Waals surface area contributed by atoms with Gasteiger partial charge < -0.3 is 15.7 Å². The van der Waals surface area contributed by atoms with Crippen LogP contribution in [-0.2, 0) is 0 Å². The third kappa shape index (κ3) is 2.89. The van der Waals surface area contributed by atoms with Crippen LogP contribution in [0.3, 0.4) is 0 Å². The molecule has 0 saturated carbocycles. The van der Waals surface area contributed by atoms with Gasteiger partial charge in [0.2, 0.25) is 0 Å². The molecule has 0 spiro atoms. The predicted octanol–water partition coefficient (Wildman–Crippen LogP) is 2.06. The Bertz CT molecular complexity index is 607. The van der Waals surface area contributed by atoms with Crippen molar-refractivity contribution in [2.75, 3.05) is 10.6 Å². The Morgan fingerprint density at radius 1 is 1.32 bits per heavy atom. The first kappa shape index (κ1) is 12.6. The fourth-order valence-corrected chi connectivity index (χ4v) is 1.61. The van der Waals surface area contributed by atoms with Crippen molar-refractivity contribution >= 4 is 23.4 Å². The van der Waals surface area contributed by atoms with Crippen LogP contribution < -0.4 is 10.6 Å². The third-order valence-electron chi connectivity index (χ3n) is 2.50. The van der Waals surface area contributed by atoms with Gasteiger partial charge in [0.05, 0.1) is 23.1 Å².